The Balaban J connectivity index is 4.16. The molecule has 0 N–H and O–H groups in total. The molecule has 0 spiro atoms. The molecule has 0 saturated heterocycles. The summed E-state index contributed by atoms with van der Waals surface area (Å²) in [5, 5.41) is 0. The fourth-order valence-corrected chi connectivity index (χ4v) is 0.699. The first-order chi connectivity index (χ1) is 5.76. The lowest BCUT2D eigenvalue weighted by atomic mass is 10.2. The van der Waals surface area contributed by atoms with E-state index < -0.39 is 5.97 Å². The van der Waals surface area contributed by atoms with Gasteiger partial charge in [-0.15, -0.1) is 6.42 Å². The van der Waals surface area contributed by atoms with Gasteiger partial charge in [0.25, 0.3) is 0 Å². The predicted octanol–water partition coefficient (Wildman–Crippen LogP) is 1.91. The highest BCUT2D eigenvalue weighted by Crippen LogP contribution is 2.00. The number of unbranched alkanes of at least 4 members (excludes halogenated alkanes) is 1. The second-order valence-electron chi connectivity index (χ2n) is 2.27. The Labute approximate surface area is 73.6 Å². The van der Waals surface area contributed by atoms with E-state index in [-0.39, 0.29) is 0 Å². The van der Waals surface area contributed by atoms with Crippen molar-refractivity contribution in [1.29, 1.82) is 0 Å². The Morgan fingerprint density at radius 2 is 2.25 bits per heavy atom. The monoisotopic (exact) mass is 166 g/mol. The first-order valence-corrected chi connectivity index (χ1v) is 4.10. The molecule has 0 aromatic heterocycles. The average molecular weight is 166 g/mol. The van der Waals surface area contributed by atoms with E-state index in [1.165, 1.54) is 0 Å². The van der Waals surface area contributed by atoms with Gasteiger partial charge in [-0.25, -0.2) is 4.79 Å². The number of esters is 1. The van der Waals surface area contributed by atoms with Crippen LogP contribution in [0.3, 0.4) is 0 Å². The molecule has 0 aliphatic heterocycles. The van der Waals surface area contributed by atoms with Crippen molar-refractivity contribution in [2.45, 2.75) is 26.7 Å². The minimum Gasteiger partial charge on any atom is -0.462 e. The molecule has 0 unspecified atom stereocenters. The third-order valence-corrected chi connectivity index (χ3v) is 1.29. The second kappa shape index (κ2) is 6.48. The molecule has 0 fully saturated rings. The van der Waals surface area contributed by atoms with Crippen LogP contribution in [0.4, 0.5) is 0 Å². The molecule has 0 saturated carbocycles. The van der Waals surface area contributed by atoms with E-state index in [1.807, 2.05) is 6.92 Å². The quantitative estimate of drug-likeness (QED) is 0.362. The van der Waals surface area contributed by atoms with E-state index in [9.17, 15) is 4.79 Å². The molecule has 0 atom stereocenters. The maximum Gasteiger partial charge on any atom is 0.346 e. The number of hydrogen-bond acceptors (Lipinski definition) is 2. The van der Waals surface area contributed by atoms with Gasteiger partial charge in [-0.1, -0.05) is 25.3 Å². The number of ether oxygens (including phenoxy) is 1. The van der Waals surface area contributed by atoms with Crippen molar-refractivity contribution in [3.63, 3.8) is 0 Å². The van der Waals surface area contributed by atoms with Crippen molar-refractivity contribution in [1.82, 2.24) is 0 Å². The molecule has 0 aliphatic rings. The number of carbonyl (C=O) groups is 1. The van der Waals surface area contributed by atoms with Gasteiger partial charge in [0.2, 0.25) is 0 Å². The molecular formula is C10H14O2. The summed E-state index contributed by atoms with van der Waals surface area (Å²) in [5.74, 6) is 1.91. The van der Waals surface area contributed by atoms with Crippen molar-refractivity contribution in [3.8, 4) is 12.3 Å². The zero-order valence-corrected chi connectivity index (χ0v) is 7.59. The van der Waals surface area contributed by atoms with Gasteiger partial charge >= 0.3 is 5.97 Å². The summed E-state index contributed by atoms with van der Waals surface area (Å²) in [6.07, 6.45) is 8.65. The maximum atomic E-state index is 11.0. The number of carbonyl (C=O) groups excluding carboxylic acids is 1. The normalized spacial score (nSPS) is 10.6. The van der Waals surface area contributed by atoms with Crippen LogP contribution >= 0.6 is 0 Å². The van der Waals surface area contributed by atoms with Crippen LogP contribution in [0.1, 0.15) is 26.7 Å². The molecule has 0 aliphatic carbocycles. The van der Waals surface area contributed by atoms with E-state index in [1.54, 1.807) is 13.0 Å². The largest absolute Gasteiger partial charge is 0.462 e. The number of hydrogen-bond donors (Lipinski definition) is 0. The summed E-state index contributed by atoms with van der Waals surface area (Å²) in [7, 11) is 0. The number of rotatable bonds is 4. The van der Waals surface area contributed by atoms with E-state index in [0.717, 1.165) is 12.8 Å². The lowest BCUT2D eigenvalue weighted by Gasteiger charge is -1.99. The lowest BCUT2D eigenvalue weighted by Crippen LogP contribution is -2.06. The van der Waals surface area contributed by atoms with Crippen molar-refractivity contribution in [2.24, 2.45) is 0 Å². The third kappa shape index (κ3) is 3.82. The number of terminal acetylenes is 1. The highest BCUT2D eigenvalue weighted by molar-refractivity contribution is 5.93. The van der Waals surface area contributed by atoms with Crippen LogP contribution in [0.25, 0.3) is 0 Å². The molecule has 0 heterocycles. The summed E-state index contributed by atoms with van der Waals surface area (Å²) in [6, 6.07) is 0. The molecule has 12 heavy (non-hydrogen) atoms. The molecule has 0 rings (SSSR count). The zero-order chi connectivity index (χ0) is 9.40. The van der Waals surface area contributed by atoms with Crippen LogP contribution in [0.2, 0.25) is 0 Å². The Morgan fingerprint density at radius 3 is 2.67 bits per heavy atom. The molecule has 2 nitrogen and oxygen atoms in total. The molecular weight excluding hydrogens is 152 g/mol. The van der Waals surface area contributed by atoms with E-state index in [2.05, 4.69) is 5.92 Å². The predicted molar refractivity (Wildman–Crippen MR) is 48.5 cm³/mol. The summed E-state index contributed by atoms with van der Waals surface area (Å²) in [4.78, 5) is 11.0. The molecule has 66 valence electrons. The fraction of sp³-hybridized carbons (Fsp3) is 0.500. The van der Waals surface area contributed by atoms with Gasteiger partial charge in [-0.3, -0.25) is 0 Å². The van der Waals surface area contributed by atoms with Gasteiger partial charge in [0, 0.05) is 0 Å². The van der Waals surface area contributed by atoms with Gasteiger partial charge in [0.05, 0.1) is 6.61 Å². The molecule has 0 radical (unpaired) electrons. The van der Waals surface area contributed by atoms with Crippen LogP contribution in [-0.2, 0) is 9.53 Å². The highest BCUT2D eigenvalue weighted by atomic mass is 16.5. The van der Waals surface area contributed by atoms with E-state index in [0.29, 0.717) is 12.2 Å². The van der Waals surface area contributed by atoms with Gasteiger partial charge in [0.15, 0.2) is 0 Å². The molecule has 0 aromatic rings. The molecule has 2 heteroatoms. The zero-order valence-electron chi connectivity index (χ0n) is 7.59. The summed E-state index contributed by atoms with van der Waals surface area (Å²) in [5.41, 5.74) is 0.332. The Kier molecular flexibility index (Phi) is 5.81. The summed E-state index contributed by atoms with van der Waals surface area (Å²) < 4.78 is 4.74. The lowest BCUT2D eigenvalue weighted by molar-refractivity contribution is -0.138. The smallest absolute Gasteiger partial charge is 0.346 e. The molecule has 0 aromatic carbocycles. The van der Waals surface area contributed by atoms with Crippen molar-refractivity contribution in [2.75, 3.05) is 6.61 Å². The third-order valence-electron chi connectivity index (χ3n) is 1.29. The van der Waals surface area contributed by atoms with Crippen LogP contribution < -0.4 is 0 Å². The van der Waals surface area contributed by atoms with Crippen LogP contribution in [0, 0.1) is 12.3 Å². The fourth-order valence-electron chi connectivity index (χ4n) is 0.699. The molecule has 0 amide bonds. The number of allylic oxidation sites excluding steroid dienone is 1. The minimum atomic E-state index is -0.395. The van der Waals surface area contributed by atoms with Crippen LogP contribution in [0.5, 0.6) is 0 Å². The Morgan fingerprint density at radius 1 is 1.58 bits per heavy atom. The van der Waals surface area contributed by atoms with Gasteiger partial charge in [-0.05, 0) is 13.3 Å². The average Bonchev–Trinajstić information content (AvgIpc) is 2.06. The first-order valence-electron chi connectivity index (χ1n) is 4.10. The highest BCUT2D eigenvalue weighted by Gasteiger charge is 2.05. The van der Waals surface area contributed by atoms with Crippen molar-refractivity contribution in [3.05, 3.63) is 11.6 Å². The van der Waals surface area contributed by atoms with E-state index >= 15 is 0 Å². The van der Waals surface area contributed by atoms with Gasteiger partial charge in [0.1, 0.15) is 5.57 Å². The maximum absolute atomic E-state index is 11.0. The summed E-state index contributed by atoms with van der Waals surface area (Å²) >= 11 is 0. The van der Waals surface area contributed by atoms with Crippen LogP contribution in [0.15, 0.2) is 11.6 Å². The second-order valence-corrected chi connectivity index (χ2v) is 2.27. The van der Waals surface area contributed by atoms with Crippen LogP contribution in [-0.4, -0.2) is 12.6 Å². The topological polar surface area (TPSA) is 26.3 Å². The molecule has 0 bridgehead atoms. The van der Waals surface area contributed by atoms with E-state index in [4.69, 9.17) is 11.2 Å². The van der Waals surface area contributed by atoms with Crippen molar-refractivity contribution >= 4 is 5.97 Å². The Hall–Kier alpha value is -1.23. The van der Waals surface area contributed by atoms with Crippen molar-refractivity contribution < 1.29 is 9.53 Å². The standard InChI is InChI=1S/C10H14O2/c1-4-7-8-9(5-2)10(11)12-6-3/h2,8H,4,6-7H2,1,3H3/b9-8+. The van der Waals surface area contributed by atoms with Gasteiger partial charge < -0.3 is 4.74 Å². The Bertz CT molecular complexity index is 208. The summed E-state index contributed by atoms with van der Waals surface area (Å²) in [6.45, 7) is 4.14. The SMILES string of the molecule is C#C/C(=C\CCC)C(=O)OCC. The minimum absolute atomic E-state index is 0.332. The first kappa shape index (κ1) is 10.8. The van der Waals surface area contributed by atoms with Gasteiger partial charge in [-0.2, -0.15) is 0 Å².